The van der Waals surface area contributed by atoms with Crippen molar-refractivity contribution in [2.24, 2.45) is 0 Å². The van der Waals surface area contributed by atoms with Crippen LogP contribution in [0.4, 0.5) is 0 Å². The predicted octanol–water partition coefficient (Wildman–Crippen LogP) is 2.48. The van der Waals surface area contributed by atoms with Gasteiger partial charge in [-0.2, -0.15) is 4.31 Å². The molecule has 0 radical (unpaired) electrons. The summed E-state index contributed by atoms with van der Waals surface area (Å²) in [6, 6.07) is 8.59. The first-order chi connectivity index (χ1) is 12.9. The first-order valence-electron chi connectivity index (χ1n) is 8.44. The van der Waals surface area contributed by atoms with Crippen LogP contribution in [0.2, 0.25) is 0 Å². The fourth-order valence-electron chi connectivity index (χ4n) is 2.26. The number of thiophene rings is 1. The molecule has 1 aromatic carbocycles. The summed E-state index contributed by atoms with van der Waals surface area (Å²) in [4.78, 5) is 12.1. The summed E-state index contributed by atoms with van der Waals surface area (Å²) >= 11 is 1.12. The minimum atomic E-state index is -3.64. The molecular weight excluding hydrogens is 388 g/mol. The molecule has 2 aromatic rings. The maximum atomic E-state index is 12.3. The molecule has 0 atom stereocenters. The van der Waals surface area contributed by atoms with Gasteiger partial charge in [0.25, 0.3) is 10.0 Å². The Hall–Kier alpha value is -2.10. The number of hydrogen-bond acceptors (Lipinski definition) is 6. The van der Waals surface area contributed by atoms with Gasteiger partial charge in [-0.25, -0.2) is 8.42 Å². The fraction of sp³-hybridized carbons (Fsp3) is 0.389. The van der Waals surface area contributed by atoms with Crippen LogP contribution in [0.5, 0.6) is 11.5 Å². The van der Waals surface area contributed by atoms with Gasteiger partial charge in [-0.3, -0.25) is 4.79 Å². The van der Waals surface area contributed by atoms with E-state index >= 15 is 0 Å². The van der Waals surface area contributed by atoms with Crippen LogP contribution in [0.15, 0.2) is 39.9 Å². The number of hydrogen-bond donors (Lipinski definition) is 1. The third-order valence-corrected chi connectivity index (χ3v) is 6.88. The lowest BCUT2D eigenvalue weighted by Gasteiger charge is -2.16. The normalized spacial score (nSPS) is 11.4. The summed E-state index contributed by atoms with van der Waals surface area (Å²) in [5.41, 5.74) is 0.827. The molecule has 0 aliphatic heterocycles. The van der Waals surface area contributed by atoms with Crippen molar-refractivity contribution in [1.82, 2.24) is 9.62 Å². The summed E-state index contributed by atoms with van der Waals surface area (Å²) in [6.07, 6.45) is 0.892. The lowest BCUT2D eigenvalue weighted by atomic mass is 10.2. The number of carbonyl (C=O) groups is 1. The molecule has 0 aliphatic carbocycles. The van der Waals surface area contributed by atoms with Crippen molar-refractivity contribution in [2.75, 3.05) is 27.3 Å². The summed E-state index contributed by atoms with van der Waals surface area (Å²) in [5, 5.41) is 4.41. The molecule has 1 amide bonds. The van der Waals surface area contributed by atoms with Crippen molar-refractivity contribution < 1.29 is 22.7 Å². The van der Waals surface area contributed by atoms with Crippen molar-refractivity contribution >= 4 is 27.3 Å². The first kappa shape index (κ1) is 21.2. The summed E-state index contributed by atoms with van der Waals surface area (Å²) in [6.45, 7) is 2.62. The first-order valence-corrected chi connectivity index (χ1v) is 10.8. The maximum Gasteiger partial charge on any atom is 0.252 e. The summed E-state index contributed by atoms with van der Waals surface area (Å²) in [5.74, 6) is 0.853. The zero-order chi connectivity index (χ0) is 19.9. The quantitative estimate of drug-likeness (QED) is 0.648. The Balaban J connectivity index is 1.93. The third kappa shape index (κ3) is 5.69. The molecule has 0 saturated heterocycles. The van der Waals surface area contributed by atoms with Crippen LogP contribution in [0, 0.1) is 0 Å². The number of rotatable bonds is 10. The largest absolute Gasteiger partial charge is 0.493 e. The van der Waals surface area contributed by atoms with E-state index in [4.69, 9.17) is 9.47 Å². The number of methoxy groups -OCH3 is 1. The number of sulfonamides is 1. The van der Waals surface area contributed by atoms with Gasteiger partial charge in [-0.05, 0) is 35.6 Å². The van der Waals surface area contributed by atoms with E-state index in [0.29, 0.717) is 18.1 Å². The minimum Gasteiger partial charge on any atom is -0.493 e. The van der Waals surface area contributed by atoms with E-state index in [9.17, 15) is 13.2 Å². The van der Waals surface area contributed by atoms with Gasteiger partial charge < -0.3 is 14.8 Å². The zero-order valence-electron chi connectivity index (χ0n) is 15.6. The standard InChI is InChI=1S/C18H24N2O5S2/c1-4-9-25-15-8-7-14(11-16(15)24-3)12-19-17(21)13-20(2)27(22,23)18-6-5-10-26-18/h5-8,10-11H,4,9,12-13H2,1-3H3,(H,19,21). The number of nitrogens with one attached hydrogen (secondary N) is 1. The molecule has 27 heavy (non-hydrogen) atoms. The summed E-state index contributed by atoms with van der Waals surface area (Å²) < 4.78 is 36.8. The highest BCUT2D eigenvalue weighted by Crippen LogP contribution is 2.28. The Kier molecular flexibility index (Phi) is 7.64. The lowest BCUT2D eigenvalue weighted by Crippen LogP contribution is -2.37. The van der Waals surface area contributed by atoms with Gasteiger partial charge in [0.1, 0.15) is 4.21 Å². The maximum absolute atomic E-state index is 12.3. The van der Waals surface area contributed by atoms with Gasteiger partial charge in [-0.1, -0.05) is 19.1 Å². The molecule has 2 rings (SSSR count). The molecule has 0 unspecified atom stereocenters. The Bertz CT molecular complexity index is 851. The molecule has 1 aromatic heterocycles. The zero-order valence-corrected chi connectivity index (χ0v) is 17.2. The number of amides is 1. The van der Waals surface area contributed by atoms with Crippen LogP contribution in [-0.2, 0) is 21.4 Å². The van der Waals surface area contributed by atoms with Crippen LogP contribution in [0.25, 0.3) is 0 Å². The van der Waals surface area contributed by atoms with E-state index in [-0.39, 0.29) is 23.2 Å². The smallest absolute Gasteiger partial charge is 0.252 e. The Morgan fingerprint density at radius 1 is 1.26 bits per heavy atom. The topological polar surface area (TPSA) is 84.9 Å². The monoisotopic (exact) mass is 412 g/mol. The lowest BCUT2D eigenvalue weighted by molar-refractivity contribution is -0.121. The molecule has 7 nitrogen and oxygen atoms in total. The predicted molar refractivity (Wildman–Crippen MR) is 105 cm³/mol. The highest BCUT2D eigenvalue weighted by atomic mass is 32.2. The van der Waals surface area contributed by atoms with E-state index in [2.05, 4.69) is 5.32 Å². The van der Waals surface area contributed by atoms with Gasteiger partial charge in [0.2, 0.25) is 5.91 Å². The summed E-state index contributed by atoms with van der Waals surface area (Å²) in [7, 11) is -0.701. The van der Waals surface area contributed by atoms with Gasteiger partial charge in [0.15, 0.2) is 11.5 Å². The number of ether oxygens (including phenoxy) is 2. The van der Waals surface area contributed by atoms with Crippen molar-refractivity contribution in [3.63, 3.8) is 0 Å². The Morgan fingerprint density at radius 3 is 2.67 bits per heavy atom. The average molecular weight is 413 g/mol. The Morgan fingerprint density at radius 2 is 2.04 bits per heavy atom. The van der Waals surface area contributed by atoms with Crippen molar-refractivity contribution in [2.45, 2.75) is 24.1 Å². The fourth-order valence-corrected chi connectivity index (χ4v) is 4.59. The highest BCUT2D eigenvalue weighted by Gasteiger charge is 2.23. The number of carbonyl (C=O) groups excluding carboxylic acids is 1. The van der Waals surface area contributed by atoms with Crippen molar-refractivity contribution in [3.8, 4) is 11.5 Å². The van der Waals surface area contributed by atoms with Crippen molar-refractivity contribution in [1.29, 1.82) is 0 Å². The molecule has 148 valence electrons. The van der Waals surface area contributed by atoms with Gasteiger partial charge in [-0.15, -0.1) is 11.3 Å². The molecule has 0 saturated carbocycles. The minimum absolute atomic E-state index is 0.213. The van der Waals surface area contributed by atoms with Crippen LogP contribution in [-0.4, -0.2) is 45.9 Å². The van der Waals surface area contributed by atoms with Gasteiger partial charge in [0, 0.05) is 13.6 Å². The third-order valence-electron chi connectivity index (χ3n) is 3.71. The molecule has 9 heteroatoms. The van der Waals surface area contributed by atoms with E-state index in [1.54, 1.807) is 30.7 Å². The van der Waals surface area contributed by atoms with Crippen LogP contribution < -0.4 is 14.8 Å². The van der Waals surface area contributed by atoms with Crippen molar-refractivity contribution in [3.05, 3.63) is 41.3 Å². The molecule has 0 fully saturated rings. The molecule has 0 spiro atoms. The molecular formula is C18H24N2O5S2. The van der Waals surface area contributed by atoms with Crippen LogP contribution in [0.3, 0.4) is 0 Å². The number of likely N-dealkylation sites (N-methyl/N-ethyl adjacent to an activating group) is 1. The molecule has 0 aliphatic rings. The second kappa shape index (κ2) is 9.72. The molecule has 1 heterocycles. The highest BCUT2D eigenvalue weighted by molar-refractivity contribution is 7.91. The van der Waals surface area contributed by atoms with E-state index in [1.165, 1.54) is 13.1 Å². The molecule has 0 bridgehead atoms. The Labute approximate surface area is 164 Å². The second-order valence-corrected chi connectivity index (χ2v) is 9.02. The number of nitrogens with zero attached hydrogens (tertiary/aromatic N) is 1. The van der Waals surface area contributed by atoms with E-state index in [0.717, 1.165) is 27.6 Å². The number of benzene rings is 1. The average Bonchev–Trinajstić information content (AvgIpc) is 3.20. The van der Waals surface area contributed by atoms with E-state index in [1.807, 2.05) is 13.0 Å². The SMILES string of the molecule is CCCOc1ccc(CNC(=O)CN(C)S(=O)(=O)c2cccs2)cc1OC. The van der Waals surface area contributed by atoms with Crippen LogP contribution in [0.1, 0.15) is 18.9 Å². The van der Waals surface area contributed by atoms with E-state index < -0.39 is 10.0 Å². The second-order valence-electron chi connectivity index (χ2n) is 5.80. The van der Waals surface area contributed by atoms with Gasteiger partial charge in [0.05, 0.1) is 20.3 Å². The molecule has 1 N–H and O–H groups in total. The van der Waals surface area contributed by atoms with Gasteiger partial charge >= 0.3 is 0 Å². The van der Waals surface area contributed by atoms with Crippen LogP contribution >= 0.6 is 11.3 Å².